The van der Waals surface area contributed by atoms with Crippen molar-refractivity contribution in [1.82, 2.24) is 0 Å². The highest BCUT2D eigenvalue weighted by atomic mass is 31.2. The number of hydrogen-bond donors (Lipinski definition) is 1. The molecule has 0 aliphatic rings. The van der Waals surface area contributed by atoms with Crippen molar-refractivity contribution in [3.8, 4) is 0 Å². The predicted octanol–water partition coefficient (Wildman–Crippen LogP) is 4.48. The number of hydrogen-bond acceptors (Lipinski definition) is 5. The summed E-state index contributed by atoms with van der Waals surface area (Å²) < 4.78 is 29.1. The van der Waals surface area contributed by atoms with Crippen molar-refractivity contribution in [3.63, 3.8) is 0 Å². The molecule has 0 aliphatic heterocycles. The molecule has 0 bridgehead atoms. The first kappa shape index (κ1) is 19.6. The molecular formula is C19H23O5P. The molecule has 1 N–H and O–H groups in total. The summed E-state index contributed by atoms with van der Waals surface area (Å²) in [4.78, 5) is 0. The summed E-state index contributed by atoms with van der Waals surface area (Å²) in [5.41, 5.74) is 1.74. The Balaban J connectivity index is 1.97. The van der Waals surface area contributed by atoms with Gasteiger partial charge in [-0.1, -0.05) is 72.8 Å². The fourth-order valence-corrected chi connectivity index (χ4v) is 3.06. The van der Waals surface area contributed by atoms with Crippen LogP contribution >= 0.6 is 7.82 Å². The first-order valence-corrected chi connectivity index (χ1v) is 9.50. The molecule has 134 valence electrons. The minimum absolute atomic E-state index is 0.0196. The molecule has 0 aliphatic carbocycles. The largest absolute Gasteiger partial charge is 0.475 e. The summed E-state index contributed by atoms with van der Waals surface area (Å²) in [7, 11) is -3.74. The van der Waals surface area contributed by atoms with Crippen LogP contribution in [0.4, 0.5) is 0 Å². The summed E-state index contributed by atoms with van der Waals surface area (Å²) in [6, 6.07) is 18.8. The SMILES string of the molecule is CC(O)/C=C/COP(=O)(OCc1ccccc1)OCc1ccccc1. The molecular weight excluding hydrogens is 339 g/mol. The normalized spacial score (nSPS) is 13.2. The van der Waals surface area contributed by atoms with E-state index in [9.17, 15) is 9.67 Å². The van der Waals surface area contributed by atoms with Crippen LogP contribution in [0.1, 0.15) is 18.1 Å². The topological polar surface area (TPSA) is 65.0 Å². The summed E-state index contributed by atoms with van der Waals surface area (Å²) in [5.74, 6) is 0. The first-order chi connectivity index (χ1) is 12.1. The second-order valence-corrected chi connectivity index (χ2v) is 7.10. The van der Waals surface area contributed by atoms with Crippen LogP contribution in [0.3, 0.4) is 0 Å². The van der Waals surface area contributed by atoms with Crippen molar-refractivity contribution in [3.05, 3.63) is 83.9 Å². The second kappa shape index (κ2) is 10.3. The van der Waals surface area contributed by atoms with E-state index >= 15 is 0 Å². The summed E-state index contributed by atoms with van der Waals surface area (Å²) in [5, 5.41) is 9.21. The zero-order valence-electron chi connectivity index (χ0n) is 14.2. The van der Waals surface area contributed by atoms with Crippen LogP contribution in [0.15, 0.2) is 72.8 Å². The molecule has 5 nitrogen and oxygen atoms in total. The zero-order valence-corrected chi connectivity index (χ0v) is 15.0. The maximum Gasteiger partial charge on any atom is 0.475 e. The number of aliphatic hydroxyl groups excluding tert-OH is 1. The molecule has 2 aromatic rings. The highest BCUT2D eigenvalue weighted by molar-refractivity contribution is 7.48. The average molecular weight is 362 g/mol. The van der Waals surface area contributed by atoms with Gasteiger partial charge >= 0.3 is 7.82 Å². The monoisotopic (exact) mass is 362 g/mol. The van der Waals surface area contributed by atoms with Gasteiger partial charge in [0.2, 0.25) is 0 Å². The van der Waals surface area contributed by atoms with Gasteiger partial charge in [-0.25, -0.2) is 4.57 Å². The second-order valence-electron chi connectivity index (χ2n) is 5.43. The van der Waals surface area contributed by atoms with Gasteiger partial charge in [-0.05, 0) is 18.1 Å². The molecule has 2 aromatic carbocycles. The molecule has 0 saturated carbocycles. The van der Waals surface area contributed by atoms with Crippen LogP contribution in [-0.2, 0) is 31.4 Å². The minimum atomic E-state index is -3.74. The predicted molar refractivity (Wildman–Crippen MR) is 96.8 cm³/mol. The molecule has 0 amide bonds. The summed E-state index contributed by atoms with van der Waals surface area (Å²) >= 11 is 0. The molecule has 0 radical (unpaired) electrons. The molecule has 1 unspecified atom stereocenters. The van der Waals surface area contributed by atoms with Crippen LogP contribution in [0.25, 0.3) is 0 Å². The lowest BCUT2D eigenvalue weighted by Gasteiger charge is -2.17. The zero-order chi connectivity index (χ0) is 18.0. The fraction of sp³-hybridized carbons (Fsp3) is 0.263. The highest BCUT2D eigenvalue weighted by Gasteiger charge is 2.26. The van der Waals surface area contributed by atoms with Crippen molar-refractivity contribution >= 4 is 7.82 Å². The van der Waals surface area contributed by atoms with Gasteiger partial charge in [-0.15, -0.1) is 0 Å². The van der Waals surface area contributed by atoms with Crippen molar-refractivity contribution in [2.24, 2.45) is 0 Å². The molecule has 0 fully saturated rings. The van der Waals surface area contributed by atoms with E-state index < -0.39 is 13.9 Å². The van der Waals surface area contributed by atoms with Crippen LogP contribution in [0, 0.1) is 0 Å². The van der Waals surface area contributed by atoms with E-state index in [1.54, 1.807) is 19.1 Å². The quantitative estimate of drug-likeness (QED) is 0.499. The van der Waals surface area contributed by atoms with E-state index in [2.05, 4.69) is 0 Å². The lowest BCUT2D eigenvalue weighted by atomic mass is 10.2. The number of benzene rings is 2. The Hall–Kier alpha value is -1.75. The van der Waals surface area contributed by atoms with Gasteiger partial charge in [0.25, 0.3) is 0 Å². The van der Waals surface area contributed by atoms with Crippen molar-refractivity contribution in [1.29, 1.82) is 0 Å². The molecule has 0 aromatic heterocycles. The Morgan fingerprint density at radius 2 is 1.40 bits per heavy atom. The van der Waals surface area contributed by atoms with Gasteiger partial charge in [-0.3, -0.25) is 13.6 Å². The standard InChI is InChI=1S/C19H23O5P/c1-17(20)9-8-14-22-25(21,23-15-18-10-4-2-5-11-18)24-16-19-12-6-3-7-13-19/h2-13,17,20H,14-16H2,1H3/b9-8+. The van der Waals surface area contributed by atoms with Crippen LogP contribution in [-0.4, -0.2) is 17.8 Å². The van der Waals surface area contributed by atoms with Crippen molar-refractivity contribution in [2.45, 2.75) is 26.2 Å². The van der Waals surface area contributed by atoms with Gasteiger partial charge in [0.15, 0.2) is 0 Å². The van der Waals surface area contributed by atoms with E-state index in [0.717, 1.165) is 11.1 Å². The highest BCUT2D eigenvalue weighted by Crippen LogP contribution is 2.50. The lowest BCUT2D eigenvalue weighted by molar-refractivity contribution is 0.110. The van der Waals surface area contributed by atoms with E-state index in [1.807, 2.05) is 60.7 Å². The van der Waals surface area contributed by atoms with Crippen molar-refractivity contribution < 1.29 is 23.2 Å². The van der Waals surface area contributed by atoms with Crippen LogP contribution in [0.2, 0.25) is 0 Å². The number of rotatable bonds is 10. The van der Waals surface area contributed by atoms with Gasteiger partial charge in [0.05, 0.1) is 25.9 Å². The van der Waals surface area contributed by atoms with E-state index in [-0.39, 0.29) is 19.8 Å². The average Bonchev–Trinajstić information content (AvgIpc) is 2.64. The summed E-state index contributed by atoms with van der Waals surface area (Å²) in [6.45, 7) is 1.87. The Labute approximate surface area is 148 Å². The molecule has 0 spiro atoms. The first-order valence-electron chi connectivity index (χ1n) is 8.04. The molecule has 6 heteroatoms. The van der Waals surface area contributed by atoms with Gasteiger partial charge in [-0.2, -0.15) is 0 Å². The molecule has 0 heterocycles. The smallest absolute Gasteiger partial charge is 0.389 e. The third-order valence-electron chi connectivity index (χ3n) is 3.21. The Kier molecular flexibility index (Phi) is 8.06. The summed E-state index contributed by atoms with van der Waals surface area (Å²) in [6.07, 6.45) is 2.52. The fourth-order valence-electron chi connectivity index (χ4n) is 1.95. The van der Waals surface area contributed by atoms with E-state index in [0.29, 0.717) is 0 Å². The van der Waals surface area contributed by atoms with E-state index in [1.165, 1.54) is 0 Å². The van der Waals surface area contributed by atoms with Crippen LogP contribution < -0.4 is 0 Å². The number of phosphoric ester groups is 1. The third-order valence-corrected chi connectivity index (χ3v) is 4.56. The molecule has 0 saturated heterocycles. The van der Waals surface area contributed by atoms with Gasteiger partial charge in [0, 0.05) is 0 Å². The third kappa shape index (κ3) is 7.78. The minimum Gasteiger partial charge on any atom is -0.389 e. The molecule has 2 rings (SSSR count). The van der Waals surface area contributed by atoms with Crippen LogP contribution in [0.5, 0.6) is 0 Å². The number of phosphoric acid groups is 1. The van der Waals surface area contributed by atoms with Gasteiger partial charge in [0.1, 0.15) is 0 Å². The van der Waals surface area contributed by atoms with Crippen molar-refractivity contribution in [2.75, 3.05) is 6.61 Å². The Bertz CT molecular complexity index is 638. The maximum absolute atomic E-state index is 12.8. The lowest BCUT2D eigenvalue weighted by Crippen LogP contribution is -2.02. The Morgan fingerprint density at radius 1 is 0.920 bits per heavy atom. The van der Waals surface area contributed by atoms with Gasteiger partial charge < -0.3 is 5.11 Å². The molecule has 25 heavy (non-hydrogen) atoms. The maximum atomic E-state index is 12.8. The van der Waals surface area contributed by atoms with E-state index in [4.69, 9.17) is 13.6 Å². The molecule has 1 atom stereocenters. The Morgan fingerprint density at radius 3 is 1.84 bits per heavy atom. The number of aliphatic hydroxyl groups is 1.